The average molecular weight is 229 g/mol. The normalized spacial score (nSPS) is 4.92. The van der Waals surface area contributed by atoms with E-state index in [0.717, 1.165) is 0 Å². The molecule has 1 heterocycles. The Morgan fingerprint density at radius 2 is 1.23 bits per heavy atom. The summed E-state index contributed by atoms with van der Waals surface area (Å²) in [6.07, 6.45) is 4.50. The molecule has 0 radical (unpaired) electrons. The molecule has 0 aliphatic heterocycles. The number of isocyanates is 2. The predicted octanol–water partition coefficient (Wildman–Crippen LogP) is 0.862. The molecular weight excluding hydrogens is 223 g/mol. The van der Waals surface area contributed by atoms with E-state index >= 15 is 0 Å². The molecule has 0 atom stereocenters. The molecule has 0 aliphatic carbocycles. The number of pyridine rings is 1. The molecule has 0 aliphatic rings. The van der Waals surface area contributed by atoms with Crippen LogP contribution in [-0.4, -0.2) is 17.1 Å². The number of hydrogen-bond acceptors (Lipinski definition) is 3. The van der Waals surface area contributed by atoms with Crippen molar-refractivity contribution in [1.82, 2.24) is 4.98 Å². The molecule has 6 heteroatoms. The monoisotopic (exact) mass is 227 g/mol. The minimum absolute atomic E-state index is 0. The molecule has 1 rings (SSSR count). The van der Waals surface area contributed by atoms with Crippen molar-refractivity contribution in [1.29, 1.82) is 0 Å². The number of aromatic nitrogens is 1. The predicted molar refractivity (Wildman–Crippen MR) is 42.3 cm³/mol. The van der Waals surface area contributed by atoms with E-state index in [-0.39, 0.29) is 19.5 Å². The molecule has 13 heavy (non-hydrogen) atoms. The van der Waals surface area contributed by atoms with Gasteiger partial charge in [-0.1, -0.05) is 6.07 Å². The first-order valence-corrected chi connectivity index (χ1v) is 2.71. The summed E-state index contributed by atoms with van der Waals surface area (Å²) < 4.78 is 0. The van der Waals surface area contributed by atoms with Crippen molar-refractivity contribution in [3.8, 4) is 0 Å². The van der Waals surface area contributed by atoms with Crippen LogP contribution in [0, 0.1) is 0 Å². The quantitative estimate of drug-likeness (QED) is 0.374. The summed E-state index contributed by atoms with van der Waals surface area (Å²) in [6.45, 7) is 0. The molecule has 0 aromatic carbocycles. The van der Waals surface area contributed by atoms with Crippen molar-refractivity contribution in [2.24, 2.45) is 0 Å². The number of nitrogens with zero attached hydrogens (tertiary/aromatic N) is 3. The Morgan fingerprint density at radius 3 is 1.31 bits per heavy atom. The molecule has 5 nitrogen and oxygen atoms in total. The van der Waals surface area contributed by atoms with Gasteiger partial charge in [-0.05, 0) is 24.3 Å². The third-order valence-electron chi connectivity index (χ3n) is 0.566. The van der Waals surface area contributed by atoms with Gasteiger partial charge < -0.3 is 10.8 Å². The summed E-state index contributed by atoms with van der Waals surface area (Å²) >= 11 is 0. The molecule has 0 bridgehead atoms. The second-order valence-electron chi connectivity index (χ2n) is 1.21. The minimum Gasteiger partial charge on any atom is -0.724 e. The second kappa shape index (κ2) is 22.4. The van der Waals surface area contributed by atoms with E-state index in [1.54, 1.807) is 12.4 Å². The van der Waals surface area contributed by atoms with E-state index in [2.05, 4.69) is 4.98 Å². The zero-order valence-electron chi connectivity index (χ0n) is 6.75. The van der Waals surface area contributed by atoms with E-state index in [1.807, 2.05) is 18.2 Å². The van der Waals surface area contributed by atoms with Crippen molar-refractivity contribution in [2.75, 3.05) is 0 Å². The van der Waals surface area contributed by atoms with Crippen LogP contribution in [0.5, 0.6) is 0 Å². The fourth-order valence-corrected chi connectivity index (χ4v) is 0.313. The van der Waals surface area contributed by atoms with E-state index in [0.29, 0.717) is 12.2 Å². The summed E-state index contributed by atoms with van der Waals surface area (Å²) in [5, 5.41) is 13.5. The van der Waals surface area contributed by atoms with Gasteiger partial charge in [-0.3, -0.25) is 14.6 Å². The number of hydrogen-bond donors (Lipinski definition) is 0. The Labute approximate surface area is 88.0 Å². The van der Waals surface area contributed by atoms with E-state index in [9.17, 15) is 0 Å². The van der Waals surface area contributed by atoms with Crippen LogP contribution in [0.15, 0.2) is 30.6 Å². The standard InChI is InChI=1S/C5H5N.2CNO.Zn/c1-2-4-6-5-3-1;2*2-1-3;/h1-5H;;;/q;2*-1;+2. The first kappa shape index (κ1) is 17.6. The third-order valence-corrected chi connectivity index (χ3v) is 0.566. The van der Waals surface area contributed by atoms with Gasteiger partial charge in [0.05, 0.1) is 0 Å². The molecule has 0 saturated carbocycles. The first-order valence-electron chi connectivity index (χ1n) is 2.71. The zero-order valence-corrected chi connectivity index (χ0v) is 9.72. The maximum absolute atomic E-state index is 8.24. The van der Waals surface area contributed by atoms with Crippen LogP contribution >= 0.6 is 0 Å². The van der Waals surface area contributed by atoms with Crippen molar-refractivity contribution in [3.05, 3.63) is 41.4 Å². The summed E-state index contributed by atoms with van der Waals surface area (Å²) in [7, 11) is 0. The molecule has 0 saturated heterocycles. The summed E-state index contributed by atoms with van der Waals surface area (Å²) in [5.41, 5.74) is 0. The van der Waals surface area contributed by atoms with Crippen LogP contribution in [0.3, 0.4) is 0 Å². The van der Waals surface area contributed by atoms with Crippen LogP contribution in [-0.2, 0) is 29.1 Å². The van der Waals surface area contributed by atoms with E-state index in [4.69, 9.17) is 20.4 Å². The van der Waals surface area contributed by atoms with Crippen molar-refractivity contribution in [2.45, 2.75) is 0 Å². The molecular formula is C7H5N3O2Zn. The first-order chi connectivity index (χ1) is 5.83. The Kier molecular flexibility index (Phi) is 30.3. The van der Waals surface area contributed by atoms with Gasteiger partial charge in [0, 0.05) is 12.4 Å². The average Bonchev–Trinajstić information content (AvgIpc) is 2.10. The van der Waals surface area contributed by atoms with Crippen molar-refractivity contribution < 1.29 is 29.1 Å². The van der Waals surface area contributed by atoms with Gasteiger partial charge in [-0.15, -0.1) is 0 Å². The molecule has 0 spiro atoms. The Bertz CT molecular complexity index is 202. The van der Waals surface area contributed by atoms with Gasteiger partial charge in [0.25, 0.3) is 0 Å². The summed E-state index contributed by atoms with van der Waals surface area (Å²) in [4.78, 5) is 20.3. The van der Waals surface area contributed by atoms with Crippen molar-refractivity contribution >= 4 is 12.2 Å². The van der Waals surface area contributed by atoms with Crippen LogP contribution in [0.4, 0.5) is 0 Å². The van der Waals surface area contributed by atoms with Crippen LogP contribution < -0.4 is 0 Å². The van der Waals surface area contributed by atoms with Gasteiger partial charge >= 0.3 is 19.5 Å². The molecule has 0 fully saturated rings. The maximum Gasteiger partial charge on any atom is 2.00 e. The zero-order chi connectivity index (χ0) is 9.66. The van der Waals surface area contributed by atoms with Crippen LogP contribution in [0.1, 0.15) is 0 Å². The Hall–Kier alpha value is -1.47. The fourth-order valence-electron chi connectivity index (χ4n) is 0.313. The second-order valence-corrected chi connectivity index (χ2v) is 1.21. The number of carbonyl (C=O) groups excluding carboxylic acids is 2. The van der Waals surface area contributed by atoms with Gasteiger partial charge in [-0.2, -0.15) is 0 Å². The largest absolute Gasteiger partial charge is 2.00 e. The molecule has 0 amide bonds. The van der Waals surface area contributed by atoms with Gasteiger partial charge in [0.15, 0.2) is 0 Å². The summed E-state index contributed by atoms with van der Waals surface area (Å²) in [6, 6.07) is 5.72. The molecule has 1 aromatic rings. The Morgan fingerprint density at radius 1 is 0.923 bits per heavy atom. The fraction of sp³-hybridized carbons (Fsp3) is 0. The molecule has 1 aromatic heterocycles. The molecule has 62 valence electrons. The third kappa shape index (κ3) is 37.3. The van der Waals surface area contributed by atoms with Crippen LogP contribution in [0.2, 0.25) is 0 Å². The van der Waals surface area contributed by atoms with E-state index in [1.165, 1.54) is 0 Å². The number of rotatable bonds is 0. The van der Waals surface area contributed by atoms with Gasteiger partial charge in [-0.25, -0.2) is 0 Å². The summed E-state index contributed by atoms with van der Waals surface area (Å²) in [5.74, 6) is 0. The Balaban J connectivity index is -0.000000126. The van der Waals surface area contributed by atoms with Gasteiger partial charge in [0.2, 0.25) is 0 Å². The SMILES string of the molecule is [N-]=C=O.[N-]=C=O.[Zn+2].c1ccncc1. The molecule has 0 N–H and O–H groups in total. The molecule has 0 unspecified atom stereocenters. The topological polar surface area (TPSA) is 91.6 Å². The van der Waals surface area contributed by atoms with Gasteiger partial charge in [0.1, 0.15) is 0 Å². The smallest absolute Gasteiger partial charge is 0.724 e. The minimum atomic E-state index is 0. The van der Waals surface area contributed by atoms with Crippen LogP contribution in [0.25, 0.3) is 10.8 Å². The van der Waals surface area contributed by atoms with Crippen molar-refractivity contribution in [3.63, 3.8) is 0 Å². The maximum atomic E-state index is 8.24. The van der Waals surface area contributed by atoms with E-state index < -0.39 is 0 Å².